The summed E-state index contributed by atoms with van der Waals surface area (Å²) in [5.41, 5.74) is 1.09. The molecule has 0 bridgehead atoms. The Morgan fingerprint density at radius 3 is 3.05 bits per heavy atom. The molecule has 1 aliphatic rings. The average Bonchev–Trinajstić information content (AvgIpc) is 2.75. The minimum atomic E-state index is -0.951. The number of piperazine rings is 1. The standard InChI is InChI=1S/C12H18N4O3/c1-15-8-9(7-14-15)2-4-16-5-3-13-12(19)10(16)6-11(17)18/h7-8,10H,2-6H2,1H3,(H,13,19)(H,17,18). The number of carboxylic acids is 1. The smallest absolute Gasteiger partial charge is 0.305 e. The summed E-state index contributed by atoms with van der Waals surface area (Å²) in [5.74, 6) is -1.15. The van der Waals surface area contributed by atoms with Crippen LogP contribution in [0.4, 0.5) is 0 Å². The van der Waals surface area contributed by atoms with Gasteiger partial charge in [-0.1, -0.05) is 0 Å². The molecule has 1 aromatic rings. The van der Waals surface area contributed by atoms with E-state index in [1.807, 2.05) is 18.1 Å². The molecule has 1 amide bonds. The Morgan fingerprint density at radius 2 is 2.42 bits per heavy atom. The van der Waals surface area contributed by atoms with Crippen molar-refractivity contribution in [1.29, 1.82) is 0 Å². The molecule has 1 atom stereocenters. The number of carbonyl (C=O) groups excluding carboxylic acids is 1. The molecule has 104 valence electrons. The van der Waals surface area contributed by atoms with Gasteiger partial charge in [-0.05, 0) is 12.0 Å². The van der Waals surface area contributed by atoms with E-state index in [2.05, 4.69) is 10.4 Å². The number of rotatable bonds is 5. The Kier molecular flexibility index (Phi) is 4.16. The van der Waals surface area contributed by atoms with Crippen LogP contribution in [0.3, 0.4) is 0 Å². The van der Waals surface area contributed by atoms with Crippen molar-refractivity contribution in [3.05, 3.63) is 18.0 Å². The molecule has 7 heteroatoms. The van der Waals surface area contributed by atoms with Gasteiger partial charge in [-0.3, -0.25) is 19.2 Å². The molecule has 1 fully saturated rings. The van der Waals surface area contributed by atoms with Gasteiger partial charge >= 0.3 is 5.97 Å². The van der Waals surface area contributed by atoms with E-state index in [0.717, 1.165) is 12.0 Å². The lowest BCUT2D eigenvalue weighted by molar-refractivity contribution is -0.143. The molecule has 0 radical (unpaired) electrons. The second-order valence-electron chi connectivity index (χ2n) is 4.71. The number of aryl methyl sites for hydroxylation is 1. The molecule has 0 aliphatic carbocycles. The summed E-state index contributed by atoms with van der Waals surface area (Å²) in [4.78, 5) is 24.5. The van der Waals surface area contributed by atoms with Gasteiger partial charge in [0.1, 0.15) is 0 Å². The Balaban J connectivity index is 1.95. The number of amides is 1. The molecule has 1 aromatic heterocycles. The molecule has 1 unspecified atom stereocenters. The van der Waals surface area contributed by atoms with Crippen LogP contribution in [0, 0.1) is 0 Å². The highest BCUT2D eigenvalue weighted by atomic mass is 16.4. The third-order valence-electron chi connectivity index (χ3n) is 3.26. The van der Waals surface area contributed by atoms with Crippen molar-refractivity contribution in [3.8, 4) is 0 Å². The molecule has 0 saturated carbocycles. The minimum Gasteiger partial charge on any atom is -0.481 e. The number of aromatic nitrogens is 2. The van der Waals surface area contributed by atoms with Crippen molar-refractivity contribution >= 4 is 11.9 Å². The first kappa shape index (κ1) is 13.5. The molecule has 2 heterocycles. The van der Waals surface area contributed by atoms with E-state index in [0.29, 0.717) is 19.6 Å². The van der Waals surface area contributed by atoms with E-state index in [4.69, 9.17) is 5.11 Å². The zero-order chi connectivity index (χ0) is 13.8. The van der Waals surface area contributed by atoms with E-state index < -0.39 is 12.0 Å². The molecule has 0 spiro atoms. The van der Waals surface area contributed by atoms with E-state index in [9.17, 15) is 9.59 Å². The van der Waals surface area contributed by atoms with Gasteiger partial charge in [0.05, 0.1) is 18.7 Å². The fourth-order valence-electron chi connectivity index (χ4n) is 2.29. The number of nitrogens with one attached hydrogen (secondary N) is 1. The SMILES string of the molecule is Cn1cc(CCN2CCNC(=O)C2CC(=O)O)cn1. The Bertz CT molecular complexity index is 471. The van der Waals surface area contributed by atoms with Gasteiger partial charge in [-0.25, -0.2) is 0 Å². The fourth-order valence-corrected chi connectivity index (χ4v) is 2.29. The largest absolute Gasteiger partial charge is 0.481 e. The molecule has 1 saturated heterocycles. The number of hydrogen-bond acceptors (Lipinski definition) is 4. The first-order valence-electron chi connectivity index (χ1n) is 6.27. The van der Waals surface area contributed by atoms with Crippen LogP contribution in [0.2, 0.25) is 0 Å². The molecular weight excluding hydrogens is 248 g/mol. The first-order chi connectivity index (χ1) is 9.06. The van der Waals surface area contributed by atoms with E-state index in [1.54, 1.807) is 10.9 Å². The highest BCUT2D eigenvalue weighted by molar-refractivity contribution is 5.86. The lowest BCUT2D eigenvalue weighted by Gasteiger charge is -2.34. The molecule has 7 nitrogen and oxygen atoms in total. The van der Waals surface area contributed by atoms with Gasteiger partial charge in [0.25, 0.3) is 0 Å². The van der Waals surface area contributed by atoms with Crippen molar-refractivity contribution in [3.63, 3.8) is 0 Å². The Morgan fingerprint density at radius 1 is 1.63 bits per heavy atom. The minimum absolute atomic E-state index is 0.154. The van der Waals surface area contributed by atoms with Gasteiger partial charge in [-0.15, -0.1) is 0 Å². The van der Waals surface area contributed by atoms with E-state index in [1.165, 1.54) is 0 Å². The highest BCUT2D eigenvalue weighted by Gasteiger charge is 2.31. The second kappa shape index (κ2) is 5.83. The summed E-state index contributed by atoms with van der Waals surface area (Å²) >= 11 is 0. The van der Waals surface area contributed by atoms with Crippen molar-refractivity contribution in [2.24, 2.45) is 7.05 Å². The summed E-state index contributed by atoms with van der Waals surface area (Å²) in [6, 6.07) is -0.567. The summed E-state index contributed by atoms with van der Waals surface area (Å²) < 4.78 is 1.73. The first-order valence-corrected chi connectivity index (χ1v) is 6.27. The van der Waals surface area contributed by atoms with Crippen molar-refractivity contribution < 1.29 is 14.7 Å². The zero-order valence-electron chi connectivity index (χ0n) is 10.9. The molecule has 1 aliphatic heterocycles. The van der Waals surface area contributed by atoms with Crippen LogP contribution in [-0.2, 0) is 23.1 Å². The molecule has 0 aromatic carbocycles. The fraction of sp³-hybridized carbons (Fsp3) is 0.583. The summed E-state index contributed by atoms with van der Waals surface area (Å²) in [6.45, 7) is 1.92. The van der Waals surface area contributed by atoms with E-state index >= 15 is 0 Å². The van der Waals surface area contributed by atoms with Crippen LogP contribution in [-0.4, -0.2) is 57.3 Å². The topological polar surface area (TPSA) is 87.5 Å². The Labute approximate surface area is 111 Å². The quantitative estimate of drug-likeness (QED) is 0.731. The number of nitrogens with zero attached hydrogens (tertiary/aromatic N) is 3. The van der Waals surface area contributed by atoms with Gasteiger partial charge in [0.15, 0.2) is 0 Å². The molecule has 19 heavy (non-hydrogen) atoms. The lowest BCUT2D eigenvalue weighted by Crippen LogP contribution is -2.56. The molecule has 2 N–H and O–H groups in total. The summed E-state index contributed by atoms with van der Waals surface area (Å²) in [6.07, 6.45) is 4.32. The van der Waals surface area contributed by atoms with Crippen LogP contribution < -0.4 is 5.32 Å². The van der Waals surface area contributed by atoms with Crippen LogP contribution in [0.25, 0.3) is 0 Å². The van der Waals surface area contributed by atoms with Gasteiger partial charge in [-0.2, -0.15) is 5.10 Å². The van der Waals surface area contributed by atoms with Crippen molar-refractivity contribution in [2.45, 2.75) is 18.9 Å². The Hall–Kier alpha value is -1.89. The average molecular weight is 266 g/mol. The van der Waals surface area contributed by atoms with Crippen LogP contribution in [0.15, 0.2) is 12.4 Å². The monoisotopic (exact) mass is 266 g/mol. The lowest BCUT2D eigenvalue weighted by atomic mass is 10.1. The predicted octanol–water partition coefficient (Wildman–Crippen LogP) is -0.762. The maximum Gasteiger partial charge on any atom is 0.305 e. The number of carboxylic acid groups (broad SMARTS) is 1. The van der Waals surface area contributed by atoms with Crippen LogP contribution in [0.5, 0.6) is 0 Å². The van der Waals surface area contributed by atoms with Gasteiger partial charge in [0.2, 0.25) is 5.91 Å². The zero-order valence-corrected chi connectivity index (χ0v) is 10.9. The van der Waals surface area contributed by atoms with Crippen molar-refractivity contribution in [2.75, 3.05) is 19.6 Å². The number of aliphatic carboxylic acids is 1. The predicted molar refractivity (Wildman–Crippen MR) is 67.5 cm³/mol. The van der Waals surface area contributed by atoms with E-state index in [-0.39, 0.29) is 12.3 Å². The maximum atomic E-state index is 11.7. The normalized spacial score (nSPS) is 20.3. The molecular formula is C12H18N4O3. The number of hydrogen-bond donors (Lipinski definition) is 2. The summed E-state index contributed by atoms with van der Waals surface area (Å²) in [7, 11) is 1.85. The van der Waals surface area contributed by atoms with Crippen molar-refractivity contribution in [1.82, 2.24) is 20.0 Å². The highest BCUT2D eigenvalue weighted by Crippen LogP contribution is 2.10. The van der Waals surface area contributed by atoms with Gasteiger partial charge in [0, 0.05) is 32.9 Å². The van der Waals surface area contributed by atoms with Crippen LogP contribution >= 0.6 is 0 Å². The number of carbonyl (C=O) groups is 2. The molecule has 2 rings (SSSR count). The second-order valence-corrected chi connectivity index (χ2v) is 4.71. The van der Waals surface area contributed by atoms with Crippen LogP contribution in [0.1, 0.15) is 12.0 Å². The van der Waals surface area contributed by atoms with Gasteiger partial charge < -0.3 is 10.4 Å². The third kappa shape index (κ3) is 3.54. The maximum absolute atomic E-state index is 11.7. The third-order valence-corrected chi connectivity index (χ3v) is 3.26. The summed E-state index contributed by atoms with van der Waals surface area (Å²) in [5, 5.41) is 15.7.